The molecule has 0 saturated carbocycles. The highest BCUT2D eigenvalue weighted by molar-refractivity contribution is 5.95. The van der Waals surface area contributed by atoms with Gasteiger partial charge in [-0.15, -0.1) is 0 Å². The van der Waals surface area contributed by atoms with Gasteiger partial charge in [0.2, 0.25) is 0 Å². The number of nitrogens with zero attached hydrogens (tertiary/aromatic N) is 4. The molecule has 1 saturated heterocycles. The zero-order chi connectivity index (χ0) is 19.9. The number of aromatic nitrogens is 1. The van der Waals surface area contributed by atoms with E-state index in [4.69, 9.17) is 0 Å². The molecule has 4 rings (SSSR count). The first-order valence-corrected chi connectivity index (χ1v) is 9.01. The summed E-state index contributed by atoms with van der Waals surface area (Å²) in [6.07, 6.45) is -1.38. The van der Waals surface area contributed by atoms with Crippen molar-refractivity contribution in [2.45, 2.75) is 12.7 Å². The summed E-state index contributed by atoms with van der Waals surface area (Å²) in [5.74, 6) is -0.157. The summed E-state index contributed by atoms with van der Waals surface area (Å²) in [5, 5.41) is 0. The van der Waals surface area contributed by atoms with Gasteiger partial charge >= 0.3 is 6.18 Å². The third-order valence-electron chi connectivity index (χ3n) is 5.16. The minimum absolute atomic E-state index is 0.157. The summed E-state index contributed by atoms with van der Waals surface area (Å²) < 4.78 is 39.7. The second-order valence-corrected chi connectivity index (χ2v) is 7.09. The van der Waals surface area contributed by atoms with Crippen molar-refractivity contribution < 1.29 is 18.0 Å². The molecule has 0 radical (unpaired) electrons. The van der Waals surface area contributed by atoms with Crippen LogP contribution in [-0.4, -0.2) is 60.1 Å². The van der Waals surface area contributed by atoms with Crippen molar-refractivity contribution in [2.24, 2.45) is 4.99 Å². The topological polar surface area (TPSA) is 48.8 Å². The van der Waals surface area contributed by atoms with Crippen LogP contribution in [0.5, 0.6) is 0 Å². The van der Waals surface area contributed by atoms with E-state index in [1.165, 1.54) is 6.20 Å². The van der Waals surface area contributed by atoms with Crippen molar-refractivity contribution >= 4 is 12.1 Å². The van der Waals surface area contributed by atoms with Gasteiger partial charge in [-0.2, -0.15) is 13.2 Å². The first kappa shape index (κ1) is 18.6. The first-order chi connectivity index (χ1) is 13.3. The number of amides is 1. The maximum absolute atomic E-state index is 13.2. The number of piperazine rings is 1. The van der Waals surface area contributed by atoms with Gasteiger partial charge in [-0.25, -0.2) is 0 Å². The predicted molar refractivity (Wildman–Crippen MR) is 99.4 cm³/mol. The molecule has 1 aromatic heterocycles. The fraction of sp³-hybridized carbons (Fsp3) is 0.350. The molecule has 0 N–H and O–H groups in total. The zero-order valence-corrected chi connectivity index (χ0v) is 15.3. The van der Waals surface area contributed by atoms with Crippen LogP contribution in [0.1, 0.15) is 27.2 Å². The molecule has 5 nitrogen and oxygen atoms in total. The third-order valence-corrected chi connectivity index (χ3v) is 5.16. The number of rotatable bonds is 2. The molecule has 1 aromatic carbocycles. The summed E-state index contributed by atoms with van der Waals surface area (Å²) in [6, 6.07) is 5.49. The summed E-state index contributed by atoms with van der Waals surface area (Å²) in [4.78, 5) is 24.8. The van der Waals surface area contributed by atoms with Gasteiger partial charge in [0, 0.05) is 49.7 Å². The maximum Gasteiger partial charge on any atom is 0.416 e. The van der Waals surface area contributed by atoms with E-state index in [2.05, 4.69) is 14.9 Å². The predicted octanol–water partition coefficient (Wildman–Crippen LogP) is 3.09. The summed E-state index contributed by atoms with van der Waals surface area (Å²) in [7, 11) is 2.01. The Labute approximate surface area is 160 Å². The molecular formula is C20H19F3N4O. The molecule has 2 aliphatic heterocycles. The lowest BCUT2D eigenvalue weighted by molar-refractivity contribution is -0.137. The number of alkyl halides is 3. The van der Waals surface area contributed by atoms with Crippen molar-refractivity contribution in [3.05, 3.63) is 52.8 Å². The first-order valence-electron chi connectivity index (χ1n) is 9.01. The quantitative estimate of drug-likeness (QED) is 0.795. The molecule has 0 spiro atoms. The second-order valence-electron chi connectivity index (χ2n) is 7.09. The number of likely N-dealkylation sites (N-methyl/N-ethyl adjacent to an activating group) is 1. The Bertz CT molecular complexity index is 930. The van der Waals surface area contributed by atoms with Crippen LogP contribution in [-0.2, 0) is 12.7 Å². The molecule has 0 aliphatic carbocycles. The molecule has 0 bridgehead atoms. The van der Waals surface area contributed by atoms with Crippen molar-refractivity contribution in [2.75, 3.05) is 33.2 Å². The standard InChI is InChI=1S/C20H19F3N4O/c1-26-4-6-27(7-5-26)19(28)18-3-2-13(11-25-18)16-9-15(20(21,22)23)8-14-10-24-12-17(14)16/h2-3,8-9,11-12H,4-7,10H2,1H3. The molecule has 0 atom stereocenters. The van der Waals surface area contributed by atoms with Crippen LogP contribution in [0, 0.1) is 0 Å². The fourth-order valence-corrected chi connectivity index (χ4v) is 3.49. The van der Waals surface area contributed by atoms with Gasteiger partial charge in [0.25, 0.3) is 5.91 Å². The van der Waals surface area contributed by atoms with Gasteiger partial charge in [0.1, 0.15) is 5.69 Å². The molecule has 1 fully saturated rings. The molecule has 3 heterocycles. The highest BCUT2D eigenvalue weighted by Gasteiger charge is 2.32. The maximum atomic E-state index is 13.2. The van der Waals surface area contributed by atoms with Crippen LogP contribution in [0.25, 0.3) is 11.1 Å². The van der Waals surface area contributed by atoms with Crippen LogP contribution in [0.4, 0.5) is 13.2 Å². The van der Waals surface area contributed by atoms with Gasteiger partial charge < -0.3 is 9.80 Å². The van der Waals surface area contributed by atoms with Gasteiger partial charge in [-0.05, 0) is 36.4 Å². The molecule has 1 amide bonds. The third kappa shape index (κ3) is 3.52. The number of hydrogen-bond acceptors (Lipinski definition) is 4. The number of halogens is 3. The van der Waals surface area contributed by atoms with Crippen molar-refractivity contribution in [3.63, 3.8) is 0 Å². The normalized spacial score (nSPS) is 17.1. The molecule has 2 aromatic rings. The van der Waals surface area contributed by atoms with E-state index in [0.717, 1.165) is 25.2 Å². The number of pyridine rings is 1. The van der Waals surface area contributed by atoms with Crippen molar-refractivity contribution in [1.29, 1.82) is 0 Å². The number of carbonyl (C=O) groups excluding carboxylic acids is 1. The van der Waals surface area contributed by atoms with E-state index >= 15 is 0 Å². The minimum Gasteiger partial charge on any atom is -0.335 e. The van der Waals surface area contributed by atoms with Crippen LogP contribution < -0.4 is 0 Å². The molecule has 8 heteroatoms. The Morgan fingerprint density at radius 1 is 1.11 bits per heavy atom. The lowest BCUT2D eigenvalue weighted by Gasteiger charge is -2.32. The zero-order valence-electron chi connectivity index (χ0n) is 15.3. The Balaban J connectivity index is 1.63. The van der Waals surface area contributed by atoms with E-state index in [-0.39, 0.29) is 12.5 Å². The fourth-order valence-electron chi connectivity index (χ4n) is 3.49. The summed E-state index contributed by atoms with van der Waals surface area (Å²) in [5.41, 5.74) is 1.77. The summed E-state index contributed by atoms with van der Waals surface area (Å²) in [6.45, 7) is 3.12. The molecular weight excluding hydrogens is 369 g/mol. The number of aliphatic imine (C=N–C) groups is 1. The van der Waals surface area contributed by atoms with Crippen LogP contribution >= 0.6 is 0 Å². The van der Waals surface area contributed by atoms with Gasteiger partial charge in [-0.3, -0.25) is 14.8 Å². The van der Waals surface area contributed by atoms with E-state index in [1.54, 1.807) is 23.2 Å². The highest BCUT2D eigenvalue weighted by atomic mass is 19.4. The Kier molecular flexibility index (Phi) is 4.66. The van der Waals surface area contributed by atoms with Crippen molar-refractivity contribution in [1.82, 2.24) is 14.8 Å². The average molecular weight is 388 g/mol. The molecule has 28 heavy (non-hydrogen) atoms. The molecule has 2 aliphatic rings. The lowest BCUT2D eigenvalue weighted by atomic mass is 9.95. The Morgan fingerprint density at radius 2 is 1.86 bits per heavy atom. The lowest BCUT2D eigenvalue weighted by Crippen LogP contribution is -2.47. The monoisotopic (exact) mass is 388 g/mol. The molecule has 146 valence electrons. The van der Waals surface area contributed by atoms with E-state index in [0.29, 0.717) is 41.0 Å². The van der Waals surface area contributed by atoms with Crippen LogP contribution in [0.2, 0.25) is 0 Å². The van der Waals surface area contributed by atoms with Gasteiger partial charge in [0.15, 0.2) is 0 Å². The largest absolute Gasteiger partial charge is 0.416 e. The number of fused-ring (bicyclic) bond motifs is 1. The SMILES string of the molecule is CN1CCN(C(=O)c2ccc(-c3cc(C(F)(F)F)cc4c3C=NC4)cn2)CC1. The smallest absolute Gasteiger partial charge is 0.335 e. The van der Waals surface area contributed by atoms with E-state index in [9.17, 15) is 18.0 Å². The average Bonchev–Trinajstić information content (AvgIpc) is 3.15. The van der Waals surface area contributed by atoms with Gasteiger partial charge in [0.05, 0.1) is 12.1 Å². The summed E-state index contributed by atoms with van der Waals surface area (Å²) >= 11 is 0. The molecule has 0 unspecified atom stereocenters. The van der Waals surface area contributed by atoms with E-state index in [1.807, 2.05) is 7.05 Å². The van der Waals surface area contributed by atoms with Gasteiger partial charge in [-0.1, -0.05) is 6.07 Å². The number of benzene rings is 1. The van der Waals surface area contributed by atoms with E-state index < -0.39 is 11.7 Å². The van der Waals surface area contributed by atoms with Crippen LogP contribution in [0.3, 0.4) is 0 Å². The van der Waals surface area contributed by atoms with Crippen molar-refractivity contribution in [3.8, 4) is 11.1 Å². The number of carbonyl (C=O) groups is 1. The minimum atomic E-state index is -4.43. The Morgan fingerprint density at radius 3 is 2.50 bits per heavy atom. The number of hydrogen-bond donors (Lipinski definition) is 0. The van der Waals surface area contributed by atoms with Crippen LogP contribution in [0.15, 0.2) is 35.5 Å². The highest BCUT2D eigenvalue weighted by Crippen LogP contribution is 2.36. The second kappa shape index (κ2) is 7.01. The Hall–Kier alpha value is -2.74.